The second kappa shape index (κ2) is 8.31. The Morgan fingerprint density at radius 3 is 2.67 bits per heavy atom. The predicted octanol–water partition coefficient (Wildman–Crippen LogP) is 4.97. The highest BCUT2D eigenvalue weighted by Gasteiger charge is 2.18. The van der Waals surface area contributed by atoms with Crippen LogP contribution in [0, 0.1) is 19.7 Å². The highest BCUT2D eigenvalue weighted by molar-refractivity contribution is 7.13. The zero-order valence-electron chi connectivity index (χ0n) is 15.5. The van der Waals surface area contributed by atoms with Crippen molar-refractivity contribution in [2.24, 2.45) is 0 Å². The molecule has 0 radical (unpaired) electrons. The van der Waals surface area contributed by atoms with Crippen LogP contribution in [0.15, 0.2) is 48.5 Å². The van der Waals surface area contributed by atoms with E-state index in [9.17, 15) is 9.18 Å². The average Bonchev–Trinajstić information content (AvgIpc) is 3.01. The third-order valence-corrected chi connectivity index (χ3v) is 5.25. The van der Waals surface area contributed by atoms with E-state index in [-0.39, 0.29) is 17.8 Å². The van der Waals surface area contributed by atoms with Crippen molar-refractivity contribution in [3.63, 3.8) is 0 Å². The van der Waals surface area contributed by atoms with E-state index in [1.807, 2.05) is 45.0 Å². The number of nitrogens with zero attached hydrogens (tertiary/aromatic N) is 1. The summed E-state index contributed by atoms with van der Waals surface area (Å²) in [5.74, 6) is 0.288. The quantitative estimate of drug-likeness (QED) is 0.653. The van der Waals surface area contributed by atoms with Crippen molar-refractivity contribution in [2.75, 3.05) is 0 Å². The summed E-state index contributed by atoms with van der Waals surface area (Å²) in [6, 6.07) is 13.7. The van der Waals surface area contributed by atoms with Gasteiger partial charge < -0.3 is 10.1 Å². The van der Waals surface area contributed by atoms with E-state index in [0.717, 1.165) is 21.9 Å². The summed E-state index contributed by atoms with van der Waals surface area (Å²) < 4.78 is 18.8. The summed E-state index contributed by atoms with van der Waals surface area (Å²) in [5, 5.41) is 3.68. The standard InChI is InChI=1S/C21H21FN2O2S/c1-13-5-4-6-18(11-13)26-12-19-23-15(3)20(27-19)21(25)24-14(2)16-7-9-17(22)10-8-16/h4-11,14H,12H2,1-3H3,(H,24,25)/t14-/m0/s1. The number of nitrogens with one attached hydrogen (secondary N) is 1. The first kappa shape index (κ1) is 19.0. The Labute approximate surface area is 162 Å². The molecular weight excluding hydrogens is 363 g/mol. The lowest BCUT2D eigenvalue weighted by Gasteiger charge is -2.13. The molecule has 1 aromatic heterocycles. The van der Waals surface area contributed by atoms with Gasteiger partial charge in [-0.15, -0.1) is 11.3 Å². The van der Waals surface area contributed by atoms with E-state index in [1.165, 1.54) is 23.5 Å². The van der Waals surface area contributed by atoms with E-state index in [4.69, 9.17) is 4.74 Å². The highest BCUT2D eigenvalue weighted by atomic mass is 32.1. The van der Waals surface area contributed by atoms with Crippen LogP contribution in [-0.2, 0) is 6.61 Å². The van der Waals surface area contributed by atoms with E-state index in [0.29, 0.717) is 17.2 Å². The van der Waals surface area contributed by atoms with Crippen molar-refractivity contribution in [3.8, 4) is 5.75 Å². The van der Waals surface area contributed by atoms with E-state index in [2.05, 4.69) is 10.3 Å². The van der Waals surface area contributed by atoms with Gasteiger partial charge in [-0.2, -0.15) is 0 Å². The van der Waals surface area contributed by atoms with Gasteiger partial charge in [0.25, 0.3) is 5.91 Å². The Balaban J connectivity index is 1.64. The topological polar surface area (TPSA) is 51.2 Å². The summed E-state index contributed by atoms with van der Waals surface area (Å²) >= 11 is 1.32. The molecular formula is C21H21FN2O2S. The zero-order valence-corrected chi connectivity index (χ0v) is 16.3. The van der Waals surface area contributed by atoms with Crippen LogP contribution in [0.2, 0.25) is 0 Å². The van der Waals surface area contributed by atoms with Crippen molar-refractivity contribution in [1.29, 1.82) is 0 Å². The fraction of sp³-hybridized carbons (Fsp3) is 0.238. The number of carbonyl (C=O) groups is 1. The van der Waals surface area contributed by atoms with Gasteiger partial charge in [0.1, 0.15) is 28.1 Å². The smallest absolute Gasteiger partial charge is 0.263 e. The Morgan fingerprint density at radius 2 is 1.96 bits per heavy atom. The van der Waals surface area contributed by atoms with Gasteiger partial charge >= 0.3 is 0 Å². The van der Waals surface area contributed by atoms with Gasteiger partial charge in [-0.1, -0.05) is 24.3 Å². The SMILES string of the molecule is Cc1cccc(OCc2nc(C)c(C(=O)N[C@@H](C)c3ccc(F)cc3)s2)c1. The third-order valence-electron chi connectivity index (χ3n) is 4.12. The van der Waals surface area contributed by atoms with Crippen LogP contribution in [-0.4, -0.2) is 10.9 Å². The number of hydrogen-bond acceptors (Lipinski definition) is 4. The maximum Gasteiger partial charge on any atom is 0.263 e. The minimum atomic E-state index is -0.297. The first-order chi connectivity index (χ1) is 12.9. The molecule has 1 amide bonds. The first-order valence-corrected chi connectivity index (χ1v) is 9.46. The maximum atomic E-state index is 13.0. The maximum absolute atomic E-state index is 13.0. The fourth-order valence-corrected chi connectivity index (χ4v) is 3.55. The summed E-state index contributed by atoms with van der Waals surface area (Å²) in [6.45, 7) is 5.99. The van der Waals surface area contributed by atoms with Crippen molar-refractivity contribution < 1.29 is 13.9 Å². The van der Waals surface area contributed by atoms with Crippen LogP contribution in [0.3, 0.4) is 0 Å². The van der Waals surface area contributed by atoms with Crippen LogP contribution in [0.4, 0.5) is 4.39 Å². The molecule has 27 heavy (non-hydrogen) atoms. The van der Waals surface area contributed by atoms with Gasteiger partial charge in [0, 0.05) is 0 Å². The number of halogens is 1. The molecule has 6 heteroatoms. The van der Waals surface area contributed by atoms with Gasteiger partial charge in [-0.05, 0) is 56.2 Å². The van der Waals surface area contributed by atoms with E-state index in [1.54, 1.807) is 12.1 Å². The van der Waals surface area contributed by atoms with Gasteiger partial charge in [0.15, 0.2) is 0 Å². The van der Waals surface area contributed by atoms with Gasteiger partial charge in [0.2, 0.25) is 0 Å². The minimum Gasteiger partial charge on any atom is -0.486 e. The molecule has 0 saturated heterocycles. The molecule has 3 rings (SSSR count). The Kier molecular flexibility index (Phi) is 5.86. The van der Waals surface area contributed by atoms with Crippen molar-refractivity contribution >= 4 is 17.2 Å². The van der Waals surface area contributed by atoms with Crippen molar-refractivity contribution in [1.82, 2.24) is 10.3 Å². The summed E-state index contributed by atoms with van der Waals surface area (Å²) in [7, 11) is 0. The lowest BCUT2D eigenvalue weighted by molar-refractivity contribution is 0.0943. The van der Waals surface area contributed by atoms with Crippen LogP contribution >= 0.6 is 11.3 Å². The predicted molar refractivity (Wildman–Crippen MR) is 105 cm³/mol. The normalized spacial score (nSPS) is 11.9. The van der Waals surface area contributed by atoms with Crippen LogP contribution in [0.1, 0.15) is 44.5 Å². The van der Waals surface area contributed by atoms with Gasteiger partial charge in [-0.3, -0.25) is 4.79 Å². The number of rotatable bonds is 6. The minimum absolute atomic E-state index is 0.191. The van der Waals surface area contributed by atoms with Crippen LogP contribution in [0.5, 0.6) is 5.75 Å². The molecule has 0 saturated carbocycles. The Bertz CT molecular complexity index is 938. The Morgan fingerprint density at radius 1 is 1.22 bits per heavy atom. The lowest BCUT2D eigenvalue weighted by Crippen LogP contribution is -2.26. The molecule has 0 aliphatic rings. The van der Waals surface area contributed by atoms with E-state index >= 15 is 0 Å². The molecule has 140 valence electrons. The molecule has 2 aromatic carbocycles. The average molecular weight is 384 g/mol. The van der Waals surface area contributed by atoms with Crippen LogP contribution in [0.25, 0.3) is 0 Å². The lowest BCUT2D eigenvalue weighted by atomic mass is 10.1. The number of carbonyl (C=O) groups excluding carboxylic acids is 1. The molecule has 1 heterocycles. The summed E-state index contributed by atoms with van der Waals surface area (Å²) in [5.41, 5.74) is 2.64. The Hall–Kier alpha value is -2.73. The molecule has 0 spiro atoms. The fourth-order valence-electron chi connectivity index (χ4n) is 2.67. The second-order valence-corrected chi connectivity index (χ2v) is 7.46. The molecule has 0 fully saturated rings. The molecule has 1 atom stereocenters. The number of amides is 1. The third kappa shape index (κ3) is 4.92. The molecule has 0 unspecified atom stereocenters. The van der Waals surface area contributed by atoms with Gasteiger partial charge in [0.05, 0.1) is 11.7 Å². The summed E-state index contributed by atoms with van der Waals surface area (Å²) in [6.07, 6.45) is 0. The molecule has 3 aromatic rings. The number of thiazole rings is 1. The number of aromatic nitrogens is 1. The first-order valence-electron chi connectivity index (χ1n) is 8.64. The number of hydrogen-bond donors (Lipinski definition) is 1. The largest absolute Gasteiger partial charge is 0.486 e. The zero-order chi connectivity index (χ0) is 19.4. The monoisotopic (exact) mass is 384 g/mol. The highest BCUT2D eigenvalue weighted by Crippen LogP contribution is 2.22. The van der Waals surface area contributed by atoms with Gasteiger partial charge in [-0.25, -0.2) is 9.37 Å². The summed E-state index contributed by atoms with van der Waals surface area (Å²) in [4.78, 5) is 17.6. The molecule has 0 aliphatic heterocycles. The van der Waals surface area contributed by atoms with E-state index < -0.39 is 0 Å². The molecule has 4 nitrogen and oxygen atoms in total. The number of ether oxygens (including phenoxy) is 1. The number of benzene rings is 2. The number of aryl methyl sites for hydroxylation is 2. The second-order valence-electron chi connectivity index (χ2n) is 6.37. The molecule has 0 bridgehead atoms. The van der Waals surface area contributed by atoms with Crippen LogP contribution < -0.4 is 10.1 Å². The van der Waals surface area contributed by atoms with Crippen molar-refractivity contribution in [2.45, 2.75) is 33.4 Å². The van der Waals surface area contributed by atoms with Crippen molar-refractivity contribution in [3.05, 3.63) is 81.1 Å². The molecule has 1 N–H and O–H groups in total. The molecule has 0 aliphatic carbocycles.